The number of aryl methyl sites for hydroxylation is 1. The average molecular weight is 436 g/mol. The highest BCUT2D eigenvalue weighted by Gasteiger charge is 2.19. The molecule has 0 saturated heterocycles. The van der Waals surface area contributed by atoms with Gasteiger partial charge in [0.25, 0.3) is 0 Å². The fraction of sp³-hybridized carbons (Fsp3) is 0.0417. The molecule has 150 valence electrons. The van der Waals surface area contributed by atoms with Gasteiger partial charge in [-0.3, -0.25) is 0 Å². The Morgan fingerprint density at radius 1 is 0.767 bits per heavy atom. The Morgan fingerprint density at radius 3 is 2.10 bits per heavy atom. The fourth-order valence-electron chi connectivity index (χ4n) is 2.98. The van der Waals surface area contributed by atoms with E-state index < -0.39 is 10.1 Å². The fourth-order valence-corrected chi connectivity index (χ4v) is 3.98. The number of hydrogen-bond donors (Lipinski definition) is 0. The standard InChI is InChI=1S/C24H18ClNO3S/c1-17-7-13-22(14-8-17)30(27,28)29-24-16-20(18-9-11-21(25)12-10-18)15-23(26-24)19-5-3-2-4-6-19/h2-16H,1H3. The van der Waals surface area contributed by atoms with Crippen LogP contribution in [0.2, 0.25) is 5.02 Å². The van der Waals surface area contributed by atoms with Crippen LogP contribution in [-0.4, -0.2) is 13.4 Å². The van der Waals surface area contributed by atoms with Crippen molar-refractivity contribution >= 4 is 21.7 Å². The van der Waals surface area contributed by atoms with Gasteiger partial charge in [0, 0.05) is 16.7 Å². The number of hydrogen-bond acceptors (Lipinski definition) is 4. The largest absolute Gasteiger partial charge is 0.358 e. The van der Waals surface area contributed by atoms with Gasteiger partial charge in [0.1, 0.15) is 4.90 Å². The summed E-state index contributed by atoms with van der Waals surface area (Å²) in [5.74, 6) is 0.00174. The lowest BCUT2D eigenvalue weighted by atomic mass is 10.0. The molecule has 0 fully saturated rings. The molecule has 0 aliphatic heterocycles. The van der Waals surface area contributed by atoms with E-state index in [0.717, 1.165) is 22.3 Å². The Labute approximate surface area is 180 Å². The highest BCUT2D eigenvalue weighted by molar-refractivity contribution is 7.87. The van der Waals surface area contributed by atoms with Crippen molar-refractivity contribution in [3.8, 4) is 28.3 Å². The normalized spacial score (nSPS) is 11.3. The van der Waals surface area contributed by atoms with Crippen molar-refractivity contribution in [1.29, 1.82) is 0 Å². The van der Waals surface area contributed by atoms with E-state index in [2.05, 4.69) is 4.98 Å². The topological polar surface area (TPSA) is 56.3 Å². The minimum atomic E-state index is -4.02. The smallest absolute Gasteiger partial charge is 0.340 e. The van der Waals surface area contributed by atoms with Crippen molar-refractivity contribution in [2.75, 3.05) is 0 Å². The highest BCUT2D eigenvalue weighted by atomic mass is 35.5. The predicted molar refractivity (Wildman–Crippen MR) is 119 cm³/mol. The van der Waals surface area contributed by atoms with E-state index in [9.17, 15) is 8.42 Å². The molecule has 4 nitrogen and oxygen atoms in total. The maximum atomic E-state index is 12.8. The molecule has 1 aromatic heterocycles. The van der Waals surface area contributed by atoms with Crippen LogP contribution in [0.5, 0.6) is 5.88 Å². The van der Waals surface area contributed by atoms with Gasteiger partial charge in [0.2, 0.25) is 5.88 Å². The second-order valence-electron chi connectivity index (χ2n) is 6.80. The lowest BCUT2D eigenvalue weighted by Crippen LogP contribution is -2.11. The van der Waals surface area contributed by atoms with Gasteiger partial charge in [-0.2, -0.15) is 8.42 Å². The van der Waals surface area contributed by atoms with Gasteiger partial charge in [-0.15, -0.1) is 0 Å². The second kappa shape index (κ2) is 8.30. The average Bonchev–Trinajstić information content (AvgIpc) is 2.74. The van der Waals surface area contributed by atoms with Gasteiger partial charge in [-0.05, 0) is 48.4 Å². The molecule has 0 amide bonds. The zero-order valence-electron chi connectivity index (χ0n) is 16.1. The maximum absolute atomic E-state index is 12.8. The third kappa shape index (κ3) is 4.53. The van der Waals surface area contributed by atoms with E-state index in [1.807, 2.05) is 55.5 Å². The molecule has 0 spiro atoms. The molecule has 0 atom stereocenters. The van der Waals surface area contributed by atoms with Gasteiger partial charge in [0.15, 0.2) is 0 Å². The molecule has 0 unspecified atom stereocenters. The van der Waals surface area contributed by atoms with E-state index in [-0.39, 0.29) is 10.8 Å². The molecule has 1 heterocycles. The molecule has 4 aromatic rings. The van der Waals surface area contributed by atoms with Gasteiger partial charge in [0.05, 0.1) is 5.69 Å². The van der Waals surface area contributed by atoms with Gasteiger partial charge in [-0.1, -0.05) is 71.8 Å². The third-order valence-electron chi connectivity index (χ3n) is 4.55. The molecule has 0 aliphatic rings. The summed E-state index contributed by atoms with van der Waals surface area (Å²) in [6.07, 6.45) is 0. The molecular formula is C24H18ClNO3S. The van der Waals surface area contributed by atoms with E-state index in [1.54, 1.807) is 30.3 Å². The van der Waals surface area contributed by atoms with Crippen molar-refractivity contribution in [2.24, 2.45) is 0 Å². The first kappa shape index (κ1) is 20.1. The Hall–Kier alpha value is -3.15. The van der Waals surface area contributed by atoms with Crippen molar-refractivity contribution in [1.82, 2.24) is 4.98 Å². The molecule has 0 saturated carbocycles. The van der Waals surface area contributed by atoms with Crippen molar-refractivity contribution in [3.63, 3.8) is 0 Å². The van der Waals surface area contributed by atoms with Crippen LogP contribution in [0.4, 0.5) is 0 Å². The zero-order chi connectivity index (χ0) is 21.1. The lowest BCUT2D eigenvalue weighted by Gasteiger charge is -2.11. The Bertz CT molecular complexity index is 1270. The zero-order valence-corrected chi connectivity index (χ0v) is 17.7. The van der Waals surface area contributed by atoms with Crippen LogP contribution in [0.1, 0.15) is 5.56 Å². The molecule has 0 bridgehead atoms. The van der Waals surface area contributed by atoms with E-state index in [4.69, 9.17) is 15.8 Å². The number of nitrogens with zero attached hydrogens (tertiary/aromatic N) is 1. The molecule has 4 rings (SSSR count). The quantitative estimate of drug-likeness (QED) is 0.353. The molecule has 0 N–H and O–H groups in total. The summed E-state index contributed by atoms with van der Waals surface area (Å²) < 4.78 is 31.0. The summed E-state index contributed by atoms with van der Waals surface area (Å²) in [6, 6.07) is 26.8. The van der Waals surface area contributed by atoms with Crippen LogP contribution in [0, 0.1) is 6.92 Å². The highest BCUT2D eigenvalue weighted by Crippen LogP contribution is 2.30. The van der Waals surface area contributed by atoms with E-state index >= 15 is 0 Å². The van der Waals surface area contributed by atoms with E-state index in [0.29, 0.717) is 10.7 Å². The monoisotopic (exact) mass is 435 g/mol. The predicted octanol–water partition coefficient (Wildman–Crippen LogP) is 6.15. The Balaban J connectivity index is 1.79. The molecule has 0 radical (unpaired) electrons. The van der Waals surface area contributed by atoms with Gasteiger partial charge in [-0.25, -0.2) is 4.98 Å². The van der Waals surface area contributed by atoms with E-state index in [1.165, 1.54) is 12.1 Å². The van der Waals surface area contributed by atoms with Crippen molar-refractivity contribution in [3.05, 3.63) is 102 Å². The van der Waals surface area contributed by atoms with Crippen LogP contribution in [0.25, 0.3) is 22.4 Å². The first-order valence-corrected chi connectivity index (χ1v) is 11.0. The summed E-state index contributed by atoms with van der Waals surface area (Å²) >= 11 is 6.01. The van der Waals surface area contributed by atoms with Gasteiger partial charge >= 0.3 is 10.1 Å². The number of aromatic nitrogens is 1. The summed E-state index contributed by atoms with van der Waals surface area (Å²) in [5, 5.41) is 0.620. The SMILES string of the molecule is Cc1ccc(S(=O)(=O)Oc2cc(-c3ccc(Cl)cc3)cc(-c3ccccc3)n2)cc1. The summed E-state index contributed by atoms with van der Waals surface area (Å²) in [4.78, 5) is 4.52. The molecular weight excluding hydrogens is 418 g/mol. The Morgan fingerprint density at radius 2 is 1.43 bits per heavy atom. The van der Waals surface area contributed by atoms with Crippen LogP contribution < -0.4 is 4.18 Å². The minimum Gasteiger partial charge on any atom is -0.358 e. The summed E-state index contributed by atoms with van der Waals surface area (Å²) in [7, 11) is -4.02. The minimum absolute atomic E-state index is 0.00174. The van der Waals surface area contributed by atoms with Crippen molar-refractivity contribution < 1.29 is 12.6 Å². The molecule has 0 aliphatic carbocycles. The summed E-state index contributed by atoms with van der Waals surface area (Å²) in [6.45, 7) is 1.89. The molecule has 3 aromatic carbocycles. The lowest BCUT2D eigenvalue weighted by molar-refractivity contribution is 0.476. The van der Waals surface area contributed by atoms with Gasteiger partial charge < -0.3 is 4.18 Å². The number of benzene rings is 3. The third-order valence-corrected chi connectivity index (χ3v) is 6.05. The van der Waals surface area contributed by atoms with Crippen molar-refractivity contribution in [2.45, 2.75) is 11.8 Å². The molecule has 6 heteroatoms. The maximum Gasteiger partial charge on any atom is 0.340 e. The number of rotatable bonds is 5. The van der Waals surface area contributed by atoms with Crippen LogP contribution in [-0.2, 0) is 10.1 Å². The molecule has 30 heavy (non-hydrogen) atoms. The Kier molecular flexibility index (Phi) is 5.57. The number of pyridine rings is 1. The second-order valence-corrected chi connectivity index (χ2v) is 8.79. The van der Waals surface area contributed by atoms with Crippen LogP contribution >= 0.6 is 11.6 Å². The van der Waals surface area contributed by atoms with Crippen LogP contribution in [0.15, 0.2) is 95.9 Å². The number of halogens is 1. The first-order chi connectivity index (χ1) is 14.4. The first-order valence-electron chi connectivity index (χ1n) is 9.25. The summed E-state index contributed by atoms with van der Waals surface area (Å²) in [5.41, 5.74) is 4.07. The van der Waals surface area contributed by atoms with Crippen LogP contribution in [0.3, 0.4) is 0 Å².